The molecule has 0 unspecified atom stereocenters. The van der Waals surface area contributed by atoms with E-state index in [2.05, 4.69) is 25.5 Å². The van der Waals surface area contributed by atoms with Crippen molar-refractivity contribution in [2.75, 3.05) is 17.1 Å². The van der Waals surface area contributed by atoms with E-state index < -0.39 is 10.0 Å². The Balaban J connectivity index is 2.44. The summed E-state index contributed by atoms with van der Waals surface area (Å²) in [5.41, 5.74) is 1.66. The minimum Gasteiger partial charge on any atom is -0.490 e. The largest absolute Gasteiger partial charge is 0.490 e. The van der Waals surface area contributed by atoms with E-state index in [0.29, 0.717) is 11.4 Å². The zero-order valence-electron chi connectivity index (χ0n) is 10.3. The Kier molecular flexibility index (Phi) is 2.81. The second-order valence-electron chi connectivity index (χ2n) is 5.23. The van der Waals surface area contributed by atoms with Crippen LogP contribution in [0.4, 0.5) is 5.69 Å². The second kappa shape index (κ2) is 3.91. The predicted molar refractivity (Wildman–Crippen MR) is 68.0 cm³/mol. The Bertz CT molecular complexity index is 529. The van der Waals surface area contributed by atoms with Crippen molar-refractivity contribution in [3.63, 3.8) is 0 Å². The first-order valence-electron chi connectivity index (χ1n) is 5.56. The molecular formula is C12H17NO3S. The van der Waals surface area contributed by atoms with Gasteiger partial charge in [0, 0.05) is 0 Å². The van der Waals surface area contributed by atoms with Crippen LogP contribution < -0.4 is 9.46 Å². The Hall–Kier alpha value is -1.23. The topological polar surface area (TPSA) is 55.4 Å². The lowest BCUT2D eigenvalue weighted by molar-refractivity contribution is 0.344. The van der Waals surface area contributed by atoms with E-state index in [1.807, 2.05) is 12.1 Å². The van der Waals surface area contributed by atoms with Gasteiger partial charge in [0.15, 0.2) is 0 Å². The highest BCUT2D eigenvalue weighted by atomic mass is 32.2. The highest BCUT2D eigenvalue weighted by molar-refractivity contribution is 7.92. The third kappa shape index (κ3) is 2.72. The summed E-state index contributed by atoms with van der Waals surface area (Å²) in [7, 11) is -3.26. The molecule has 0 fully saturated rings. The van der Waals surface area contributed by atoms with Gasteiger partial charge < -0.3 is 4.74 Å². The third-order valence-corrected chi connectivity index (χ3v) is 3.96. The van der Waals surface area contributed by atoms with E-state index in [9.17, 15) is 8.42 Å². The maximum absolute atomic E-state index is 11.5. The maximum Gasteiger partial charge on any atom is 0.236 e. The van der Waals surface area contributed by atoms with Crippen LogP contribution in [0.15, 0.2) is 18.2 Å². The van der Waals surface area contributed by atoms with Gasteiger partial charge >= 0.3 is 0 Å². The lowest BCUT2D eigenvalue weighted by atomic mass is 9.87. The molecule has 1 aliphatic rings. The minimum absolute atomic E-state index is 0.00741. The van der Waals surface area contributed by atoms with E-state index in [1.165, 1.54) is 0 Å². The molecule has 5 heteroatoms. The van der Waals surface area contributed by atoms with Gasteiger partial charge in [-0.15, -0.1) is 0 Å². The number of benzene rings is 1. The number of sulfonamides is 1. The molecule has 1 aliphatic heterocycles. The molecule has 0 aromatic heterocycles. The number of hydrogen-bond donors (Lipinski definition) is 1. The Labute approximate surface area is 102 Å². The molecule has 0 spiro atoms. The van der Waals surface area contributed by atoms with Crippen LogP contribution in [0.5, 0.6) is 5.75 Å². The van der Waals surface area contributed by atoms with Gasteiger partial charge in [0.1, 0.15) is 18.1 Å². The van der Waals surface area contributed by atoms with E-state index in [0.717, 1.165) is 5.56 Å². The normalized spacial score (nSPS) is 18.5. The third-order valence-electron chi connectivity index (χ3n) is 2.72. The van der Waals surface area contributed by atoms with Crippen molar-refractivity contribution in [2.45, 2.75) is 26.2 Å². The lowest BCUT2D eigenvalue weighted by Crippen LogP contribution is -2.17. The first-order valence-corrected chi connectivity index (χ1v) is 7.21. The second-order valence-corrected chi connectivity index (χ2v) is 7.07. The molecule has 0 amide bonds. The monoisotopic (exact) mass is 255 g/mol. The first-order chi connectivity index (χ1) is 7.78. The van der Waals surface area contributed by atoms with Crippen LogP contribution in [0.25, 0.3) is 0 Å². The quantitative estimate of drug-likeness (QED) is 0.772. The van der Waals surface area contributed by atoms with Crippen LogP contribution in [-0.2, 0) is 15.4 Å². The van der Waals surface area contributed by atoms with Crippen molar-refractivity contribution >= 4 is 15.7 Å². The van der Waals surface area contributed by atoms with Crippen LogP contribution in [0, 0.1) is 0 Å². The zero-order valence-corrected chi connectivity index (χ0v) is 11.1. The highest BCUT2D eigenvalue weighted by Crippen LogP contribution is 2.33. The minimum atomic E-state index is -3.26. The van der Waals surface area contributed by atoms with Gasteiger partial charge in [0.25, 0.3) is 0 Å². The summed E-state index contributed by atoms with van der Waals surface area (Å²) in [4.78, 5) is 0. The fourth-order valence-electron chi connectivity index (χ4n) is 1.67. The summed E-state index contributed by atoms with van der Waals surface area (Å²) in [5, 5.41) is 0. The maximum atomic E-state index is 11.5. The summed E-state index contributed by atoms with van der Waals surface area (Å²) in [6, 6.07) is 5.60. The molecule has 2 rings (SSSR count). The van der Waals surface area contributed by atoms with Crippen LogP contribution in [0.1, 0.15) is 26.3 Å². The molecular weight excluding hydrogens is 238 g/mol. The standard InChI is InChI=1S/C12H17NO3S/c1-12(2,3)9-4-5-10-11(8-9)16-6-7-17(14,15)13-10/h4-5,8,13H,6-7H2,1-3H3. The summed E-state index contributed by atoms with van der Waals surface area (Å²) in [5.74, 6) is 0.602. The molecule has 0 atom stereocenters. The van der Waals surface area contributed by atoms with E-state index >= 15 is 0 Å². The van der Waals surface area contributed by atoms with Crippen LogP contribution >= 0.6 is 0 Å². The molecule has 0 bridgehead atoms. The molecule has 1 aromatic carbocycles. The van der Waals surface area contributed by atoms with Crippen molar-refractivity contribution in [3.8, 4) is 5.75 Å². The number of hydrogen-bond acceptors (Lipinski definition) is 3. The summed E-state index contributed by atoms with van der Waals surface area (Å²) in [6.07, 6.45) is 0. The molecule has 17 heavy (non-hydrogen) atoms. The van der Waals surface area contributed by atoms with Crippen molar-refractivity contribution in [2.24, 2.45) is 0 Å². The highest BCUT2D eigenvalue weighted by Gasteiger charge is 2.21. The number of rotatable bonds is 0. The van der Waals surface area contributed by atoms with Crippen LogP contribution in [0.3, 0.4) is 0 Å². The SMILES string of the molecule is CC(C)(C)c1ccc2c(c1)OCCS(=O)(=O)N2. The van der Waals surface area contributed by atoms with Crippen LogP contribution in [-0.4, -0.2) is 20.8 Å². The van der Waals surface area contributed by atoms with Gasteiger partial charge in [-0.25, -0.2) is 8.42 Å². The smallest absolute Gasteiger partial charge is 0.236 e. The first kappa shape index (κ1) is 12.2. The molecule has 94 valence electrons. The number of ether oxygens (including phenoxy) is 1. The molecule has 0 aliphatic carbocycles. The number of nitrogens with one attached hydrogen (secondary N) is 1. The van der Waals surface area contributed by atoms with Gasteiger partial charge in [-0.2, -0.15) is 0 Å². The summed E-state index contributed by atoms with van der Waals surface area (Å²) < 4.78 is 31.1. The van der Waals surface area contributed by atoms with Gasteiger partial charge in [-0.05, 0) is 23.1 Å². The fourth-order valence-corrected chi connectivity index (χ4v) is 2.58. The summed E-state index contributed by atoms with van der Waals surface area (Å²) in [6.45, 7) is 6.51. The molecule has 1 N–H and O–H groups in total. The van der Waals surface area contributed by atoms with Gasteiger partial charge in [0.05, 0.1) is 5.69 Å². The van der Waals surface area contributed by atoms with Gasteiger partial charge in [-0.3, -0.25) is 4.72 Å². The number of anilines is 1. The summed E-state index contributed by atoms with van der Waals surface area (Å²) >= 11 is 0. The molecule has 0 radical (unpaired) electrons. The molecule has 0 saturated heterocycles. The van der Waals surface area contributed by atoms with Gasteiger partial charge in [-0.1, -0.05) is 26.8 Å². The molecule has 4 nitrogen and oxygen atoms in total. The molecule has 1 aromatic rings. The zero-order chi connectivity index (χ0) is 12.7. The number of fused-ring (bicyclic) bond motifs is 1. The van der Waals surface area contributed by atoms with Crippen molar-refractivity contribution in [1.82, 2.24) is 0 Å². The van der Waals surface area contributed by atoms with E-state index in [1.54, 1.807) is 6.07 Å². The van der Waals surface area contributed by atoms with Crippen molar-refractivity contribution < 1.29 is 13.2 Å². The van der Waals surface area contributed by atoms with E-state index in [-0.39, 0.29) is 17.8 Å². The lowest BCUT2D eigenvalue weighted by Gasteiger charge is -2.20. The Morgan fingerprint density at radius 2 is 2.00 bits per heavy atom. The van der Waals surface area contributed by atoms with Crippen molar-refractivity contribution in [3.05, 3.63) is 23.8 Å². The van der Waals surface area contributed by atoms with Crippen LogP contribution in [0.2, 0.25) is 0 Å². The average molecular weight is 255 g/mol. The van der Waals surface area contributed by atoms with Crippen molar-refractivity contribution in [1.29, 1.82) is 0 Å². The average Bonchev–Trinajstić information content (AvgIpc) is 2.32. The molecule has 1 heterocycles. The Morgan fingerprint density at radius 1 is 1.29 bits per heavy atom. The Morgan fingerprint density at radius 3 is 2.65 bits per heavy atom. The predicted octanol–water partition coefficient (Wildman–Crippen LogP) is 2.12. The molecule has 0 saturated carbocycles. The fraction of sp³-hybridized carbons (Fsp3) is 0.500. The van der Waals surface area contributed by atoms with Gasteiger partial charge in [0.2, 0.25) is 10.0 Å². The van der Waals surface area contributed by atoms with E-state index in [4.69, 9.17) is 4.74 Å².